The van der Waals surface area contributed by atoms with E-state index in [1.54, 1.807) is 6.07 Å². The molecule has 2 amide bonds. The molecule has 1 atom stereocenters. The molecule has 1 heterocycles. The first kappa shape index (κ1) is 15.2. The summed E-state index contributed by atoms with van der Waals surface area (Å²) in [5.41, 5.74) is 3.14. The summed E-state index contributed by atoms with van der Waals surface area (Å²) in [4.78, 5) is 24.2. The summed E-state index contributed by atoms with van der Waals surface area (Å²) in [6.45, 7) is 2.39. The van der Waals surface area contributed by atoms with Crippen LogP contribution in [0.4, 0.5) is 10.1 Å². The summed E-state index contributed by atoms with van der Waals surface area (Å²) in [5.74, 6) is -1.54. The third kappa shape index (κ3) is 3.39. The minimum atomic E-state index is -0.593. The normalized spacial score (nSPS) is 16.4. The zero-order valence-corrected chi connectivity index (χ0v) is 12.7. The smallest absolute Gasteiger partial charge is 0.228 e. The standard InChI is InChI=1S/C18H17FN2O2/c1-11-3-2-4-12(7-11)10-20-18(23)15-9-17(22)21-16-8-13(19)5-6-14(15)16/h2-8,15H,9-10H2,1H3,(H,20,23)(H,21,22). The number of nitrogens with one attached hydrogen (secondary N) is 2. The number of anilines is 1. The van der Waals surface area contributed by atoms with Crippen molar-refractivity contribution in [1.29, 1.82) is 0 Å². The number of rotatable bonds is 3. The lowest BCUT2D eigenvalue weighted by Gasteiger charge is -2.25. The molecule has 0 saturated carbocycles. The summed E-state index contributed by atoms with van der Waals surface area (Å²) in [7, 11) is 0. The van der Waals surface area contributed by atoms with Crippen molar-refractivity contribution in [2.24, 2.45) is 0 Å². The van der Waals surface area contributed by atoms with Crippen molar-refractivity contribution in [2.45, 2.75) is 25.8 Å². The number of fused-ring (bicyclic) bond motifs is 1. The zero-order chi connectivity index (χ0) is 16.4. The molecule has 0 radical (unpaired) electrons. The van der Waals surface area contributed by atoms with Crippen LogP contribution in [0.1, 0.15) is 29.0 Å². The number of benzene rings is 2. The predicted octanol–water partition coefficient (Wildman–Crippen LogP) is 2.88. The van der Waals surface area contributed by atoms with Gasteiger partial charge in [0.1, 0.15) is 5.82 Å². The zero-order valence-electron chi connectivity index (χ0n) is 12.7. The quantitative estimate of drug-likeness (QED) is 0.915. The third-order valence-corrected chi connectivity index (χ3v) is 3.92. The molecule has 4 nitrogen and oxygen atoms in total. The van der Waals surface area contributed by atoms with Crippen LogP contribution in [-0.4, -0.2) is 11.8 Å². The molecule has 5 heteroatoms. The summed E-state index contributed by atoms with van der Waals surface area (Å²) < 4.78 is 13.3. The van der Waals surface area contributed by atoms with E-state index in [9.17, 15) is 14.0 Å². The maximum absolute atomic E-state index is 13.3. The molecule has 0 aliphatic carbocycles. The fourth-order valence-electron chi connectivity index (χ4n) is 2.81. The molecule has 0 aromatic heterocycles. The molecule has 1 aliphatic rings. The first-order valence-corrected chi connectivity index (χ1v) is 7.45. The average molecular weight is 312 g/mol. The monoisotopic (exact) mass is 312 g/mol. The molecule has 2 N–H and O–H groups in total. The van der Waals surface area contributed by atoms with E-state index in [1.165, 1.54) is 12.1 Å². The molecule has 1 unspecified atom stereocenters. The molecule has 3 rings (SSSR count). The Morgan fingerprint density at radius 2 is 2.13 bits per heavy atom. The number of carbonyl (C=O) groups is 2. The number of halogens is 1. The van der Waals surface area contributed by atoms with Crippen LogP contribution >= 0.6 is 0 Å². The van der Waals surface area contributed by atoms with Crippen LogP contribution in [0.3, 0.4) is 0 Å². The Morgan fingerprint density at radius 1 is 1.30 bits per heavy atom. The van der Waals surface area contributed by atoms with Gasteiger partial charge in [0.05, 0.1) is 5.92 Å². The van der Waals surface area contributed by atoms with E-state index >= 15 is 0 Å². The van der Waals surface area contributed by atoms with Gasteiger partial charge >= 0.3 is 0 Å². The number of hydrogen-bond donors (Lipinski definition) is 2. The SMILES string of the molecule is Cc1cccc(CNC(=O)C2CC(=O)Nc3cc(F)ccc32)c1. The fraction of sp³-hybridized carbons (Fsp3) is 0.222. The van der Waals surface area contributed by atoms with E-state index < -0.39 is 11.7 Å². The van der Waals surface area contributed by atoms with Gasteiger partial charge in [-0.25, -0.2) is 4.39 Å². The second-order valence-corrected chi connectivity index (χ2v) is 5.74. The van der Waals surface area contributed by atoms with Crippen molar-refractivity contribution in [3.8, 4) is 0 Å². The molecular weight excluding hydrogens is 295 g/mol. The third-order valence-electron chi connectivity index (χ3n) is 3.92. The van der Waals surface area contributed by atoms with Crippen LogP contribution < -0.4 is 10.6 Å². The maximum atomic E-state index is 13.3. The Bertz CT molecular complexity index is 773. The molecule has 118 valence electrons. The topological polar surface area (TPSA) is 58.2 Å². The maximum Gasteiger partial charge on any atom is 0.228 e. The van der Waals surface area contributed by atoms with Crippen LogP contribution in [-0.2, 0) is 16.1 Å². The minimum absolute atomic E-state index is 0.0677. The molecule has 1 aliphatic heterocycles. The Balaban J connectivity index is 1.76. The van der Waals surface area contributed by atoms with Gasteiger partial charge in [-0.05, 0) is 30.2 Å². The average Bonchev–Trinajstić information content (AvgIpc) is 2.51. The van der Waals surface area contributed by atoms with Crippen molar-refractivity contribution < 1.29 is 14.0 Å². The summed E-state index contributed by atoms with van der Waals surface area (Å²) in [5, 5.41) is 5.47. The second-order valence-electron chi connectivity index (χ2n) is 5.74. The van der Waals surface area contributed by atoms with Crippen molar-refractivity contribution in [3.05, 3.63) is 65.0 Å². The van der Waals surface area contributed by atoms with Gasteiger partial charge in [-0.2, -0.15) is 0 Å². The lowest BCUT2D eigenvalue weighted by atomic mass is 9.89. The molecule has 2 aromatic rings. The van der Waals surface area contributed by atoms with Gasteiger partial charge in [-0.15, -0.1) is 0 Å². The molecule has 23 heavy (non-hydrogen) atoms. The summed E-state index contributed by atoms with van der Waals surface area (Å²) in [6, 6.07) is 12.0. The number of hydrogen-bond acceptors (Lipinski definition) is 2. The predicted molar refractivity (Wildman–Crippen MR) is 85.4 cm³/mol. The minimum Gasteiger partial charge on any atom is -0.351 e. The van der Waals surface area contributed by atoms with Crippen molar-refractivity contribution in [3.63, 3.8) is 0 Å². The van der Waals surface area contributed by atoms with Gasteiger partial charge in [-0.3, -0.25) is 9.59 Å². The van der Waals surface area contributed by atoms with E-state index in [0.29, 0.717) is 17.8 Å². The molecule has 0 saturated heterocycles. The van der Waals surface area contributed by atoms with Crippen LogP contribution in [0.25, 0.3) is 0 Å². The van der Waals surface area contributed by atoms with E-state index in [1.807, 2.05) is 31.2 Å². The van der Waals surface area contributed by atoms with Crippen LogP contribution in [0, 0.1) is 12.7 Å². The second kappa shape index (κ2) is 6.20. The highest BCUT2D eigenvalue weighted by Gasteiger charge is 2.30. The van der Waals surface area contributed by atoms with Crippen LogP contribution in [0.2, 0.25) is 0 Å². The van der Waals surface area contributed by atoms with Gasteiger partial charge < -0.3 is 10.6 Å². The highest BCUT2D eigenvalue weighted by atomic mass is 19.1. The Hall–Kier alpha value is -2.69. The van der Waals surface area contributed by atoms with Gasteiger partial charge in [0.25, 0.3) is 0 Å². The Labute approximate surface area is 133 Å². The van der Waals surface area contributed by atoms with Gasteiger partial charge in [0, 0.05) is 18.7 Å². The summed E-state index contributed by atoms with van der Waals surface area (Å²) in [6.07, 6.45) is 0.0677. The van der Waals surface area contributed by atoms with Crippen LogP contribution in [0.15, 0.2) is 42.5 Å². The van der Waals surface area contributed by atoms with E-state index in [0.717, 1.165) is 11.1 Å². The number of aryl methyl sites for hydroxylation is 1. The molecule has 0 spiro atoms. The van der Waals surface area contributed by atoms with Crippen LogP contribution in [0.5, 0.6) is 0 Å². The molecule has 0 fully saturated rings. The Kier molecular flexibility index (Phi) is 4.10. The Morgan fingerprint density at radius 3 is 2.91 bits per heavy atom. The molecular formula is C18H17FN2O2. The fourth-order valence-corrected chi connectivity index (χ4v) is 2.81. The molecule has 0 bridgehead atoms. The number of carbonyl (C=O) groups excluding carboxylic acids is 2. The largest absolute Gasteiger partial charge is 0.351 e. The van der Waals surface area contributed by atoms with Crippen molar-refractivity contribution in [1.82, 2.24) is 5.32 Å². The first-order valence-electron chi connectivity index (χ1n) is 7.45. The number of amides is 2. The lowest BCUT2D eigenvalue weighted by Crippen LogP contribution is -2.34. The first-order chi connectivity index (χ1) is 11.0. The molecule has 2 aromatic carbocycles. The van der Waals surface area contributed by atoms with E-state index in [4.69, 9.17) is 0 Å². The van der Waals surface area contributed by atoms with Gasteiger partial charge in [0.15, 0.2) is 0 Å². The summed E-state index contributed by atoms with van der Waals surface area (Å²) >= 11 is 0. The lowest BCUT2D eigenvalue weighted by molar-refractivity contribution is -0.126. The van der Waals surface area contributed by atoms with E-state index in [-0.39, 0.29) is 18.2 Å². The van der Waals surface area contributed by atoms with Gasteiger partial charge in [-0.1, -0.05) is 35.9 Å². The van der Waals surface area contributed by atoms with Crippen molar-refractivity contribution >= 4 is 17.5 Å². The highest BCUT2D eigenvalue weighted by Crippen LogP contribution is 2.32. The van der Waals surface area contributed by atoms with Gasteiger partial charge in [0.2, 0.25) is 11.8 Å². The van der Waals surface area contributed by atoms with E-state index in [2.05, 4.69) is 10.6 Å². The van der Waals surface area contributed by atoms with Crippen molar-refractivity contribution in [2.75, 3.05) is 5.32 Å². The highest BCUT2D eigenvalue weighted by molar-refractivity contribution is 6.01.